The monoisotopic (exact) mass is 341 g/mol. The van der Waals surface area contributed by atoms with E-state index in [1.807, 2.05) is 20.3 Å². The van der Waals surface area contributed by atoms with Crippen molar-refractivity contribution in [3.63, 3.8) is 0 Å². The average molecular weight is 341 g/mol. The molecule has 1 aromatic heterocycles. The SMILES string of the molecule is CN(C)c1ccc(-c2cnc(CNCc3ccc(F)cc3)s2)cc1. The minimum absolute atomic E-state index is 0.205. The lowest BCUT2D eigenvalue weighted by atomic mass is 10.2. The van der Waals surface area contributed by atoms with Crippen molar-refractivity contribution < 1.29 is 4.39 Å². The second-order valence-corrected chi connectivity index (χ2v) is 6.90. The topological polar surface area (TPSA) is 28.2 Å². The fraction of sp³-hybridized carbons (Fsp3) is 0.211. The van der Waals surface area contributed by atoms with E-state index in [1.165, 1.54) is 28.3 Å². The number of halogens is 1. The fourth-order valence-electron chi connectivity index (χ4n) is 2.37. The molecule has 1 heterocycles. The van der Waals surface area contributed by atoms with Gasteiger partial charge in [-0.15, -0.1) is 11.3 Å². The summed E-state index contributed by atoms with van der Waals surface area (Å²) >= 11 is 1.69. The van der Waals surface area contributed by atoms with E-state index in [0.29, 0.717) is 13.1 Å². The highest BCUT2D eigenvalue weighted by molar-refractivity contribution is 7.15. The van der Waals surface area contributed by atoms with Gasteiger partial charge in [-0.05, 0) is 35.4 Å². The second kappa shape index (κ2) is 7.55. The average Bonchev–Trinajstić information content (AvgIpc) is 3.06. The van der Waals surface area contributed by atoms with Gasteiger partial charge in [0.2, 0.25) is 0 Å². The van der Waals surface area contributed by atoms with Crippen molar-refractivity contribution >= 4 is 17.0 Å². The van der Waals surface area contributed by atoms with Gasteiger partial charge < -0.3 is 10.2 Å². The Bertz CT molecular complexity index is 779. The molecule has 0 bridgehead atoms. The molecule has 3 rings (SSSR count). The molecule has 3 nitrogen and oxygen atoms in total. The van der Waals surface area contributed by atoms with Gasteiger partial charge in [0.05, 0.1) is 4.88 Å². The molecule has 0 atom stereocenters. The Kier molecular flexibility index (Phi) is 5.23. The molecule has 0 radical (unpaired) electrons. The van der Waals surface area contributed by atoms with Crippen LogP contribution in [0.2, 0.25) is 0 Å². The zero-order valence-electron chi connectivity index (χ0n) is 13.8. The maximum atomic E-state index is 12.9. The zero-order valence-corrected chi connectivity index (χ0v) is 14.6. The van der Waals surface area contributed by atoms with E-state index in [9.17, 15) is 4.39 Å². The van der Waals surface area contributed by atoms with Crippen molar-refractivity contribution in [2.24, 2.45) is 0 Å². The lowest BCUT2D eigenvalue weighted by Crippen LogP contribution is -2.12. The van der Waals surface area contributed by atoms with Crippen LogP contribution in [0.25, 0.3) is 10.4 Å². The second-order valence-electron chi connectivity index (χ2n) is 5.79. The maximum absolute atomic E-state index is 12.9. The quantitative estimate of drug-likeness (QED) is 0.724. The van der Waals surface area contributed by atoms with E-state index in [-0.39, 0.29) is 5.82 Å². The van der Waals surface area contributed by atoms with Gasteiger partial charge in [-0.25, -0.2) is 9.37 Å². The molecule has 0 saturated heterocycles. The molecular formula is C19H20FN3S. The standard InChI is InChI=1S/C19H20FN3S/c1-23(2)17-9-5-15(6-10-17)18-12-22-19(24-18)13-21-11-14-3-7-16(20)8-4-14/h3-10,12,21H,11,13H2,1-2H3. The van der Waals surface area contributed by atoms with Crippen molar-refractivity contribution in [2.45, 2.75) is 13.1 Å². The first-order chi connectivity index (χ1) is 11.6. The van der Waals surface area contributed by atoms with Gasteiger partial charge in [-0.2, -0.15) is 0 Å². The summed E-state index contributed by atoms with van der Waals surface area (Å²) in [6, 6.07) is 15.0. The van der Waals surface area contributed by atoms with Crippen molar-refractivity contribution in [1.82, 2.24) is 10.3 Å². The first-order valence-electron chi connectivity index (χ1n) is 7.79. The molecule has 0 fully saturated rings. The molecular weight excluding hydrogens is 321 g/mol. The molecule has 0 unspecified atom stereocenters. The van der Waals surface area contributed by atoms with Gasteiger partial charge in [0.1, 0.15) is 10.8 Å². The highest BCUT2D eigenvalue weighted by Gasteiger charge is 2.05. The van der Waals surface area contributed by atoms with Crippen LogP contribution in [0.5, 0.6) is 0 Å². The number of benzene rings is 2. The summed E-state index contributed by atoms with van der Waals surface area (Å²) in [7, 11) is 4.07. The molecule has 0 spiro atoms. The third kappa shape index (κ3) is 4.19. The van der Waals surface area contributed by atoms with Gasteiger partial charge in [0.15, 0.2) is 0 Å². The van der Waals surface area contributed by atoms with Crippen LogP contribution in [-0.4, -0.2) is 19.1 Å². The van der Waals surface area contributed by atoms with E-state index < -0.39 is 0 Å². The number of anilines is 1. The normalized spacial score (nSPS) is 10.8. The van der Waals surface area contributed by atoms with E-state index in [4.69, 9.17) is 0 Å². The molecule has 2 aromatic carbocycles. The Morgan fingerprint density at radius 1 is 1.00 bits per heavy atom. The number of rotatable bonds is 6. The highest BCUT2D eigenvalue weighted by Crippen LogP contribution is 2.27. The molecule has 5 heteroatoms. The predicted molar refractivity (Wildman–Crippen MR) is 98.8 cm³/mol. The fourth-order valence-corrected chi connectivity index (χ4v) is 3.26. The molecule has 3 aromatic rings. The molecule has 0 amide bonds. The van der Waals surface area contributed by atoms with Crippen LogP contribution in [-0.2, 0) is 13.1 Å². The van der Waals surface area contributed by atoms with E-state index in [1.54, 1.807) is 23.5 Å². The number of hydrogen-bond donors (Lipinski definition) is 1. The number of thiazole rings is 1. The smallest absolute Gasteiger partial charge is 0.123 e. The Balaban J connectivity index is 1.58. The Hall–Kier alpha value is -2.24. The van der Waals surface area contributed by atoms with Gasteiger partial charge in [0.25, 0.3) is 0 Å². The van der Waals surface area contributed by atoms with Crippen molar-refractivity contribution in [3.05, 3.63) is 71.1 Å². The lowest BCUT2D eigenvalue weighted by Gasteiger charge is -2.12. The van der Waals surface area contributed by atoms with Gasteiger partial charge in [-0.1, -0.05) is 24.3 Å². The van der Waals surface area contributed by atoms with Crippen LogP contribution >= 0.6 is 11.3 Å². The number of nitrogens with one attached hydrogen (secondary N) is 1. The van der Waals surface area contributed by atoms with Gasteiger partial charge >= 0.3 is 0 Å². The van der Waals surface area contributed by atoms with Crippen LogP contribution in [0, 0.1) is 5.82 Å². The predicted octanol–water partition coefficient (Wildman–Crippen LogP) is 4.31. The number of aromatic nitrogens is 1. The van der Waals surface area contributed by atoms with Crippen LogP contribution in [0.1, 0.15) is 10.6 Å². The first kappa shape index (κ1) is 16.6. The molecule has 0 saturated carbocycles. The number of nitrogens with zero attached hydrogens (tertiary/aromatic N) is 2. The van der Waals surface area contributed by atoms with E-state index in [0.717, 1.165) is 10.6 Å². The minimum atomic E-state index is -0.205. The summed E-state index contributed by atoms with van der Waals surface area (Å²) in [5, 5.41) is 4.39. The number of hydrogen-bond acceptors (Lipinski definition) is 4. The van der Waals surface area contributed by atoms with Crippen molar-refractivity contribution in [2.75, 3.05) is 19.0 Å². The van der Waals surface area contributed by atoms with Crippen LogP contribution < -0.4 is 10.2 Å². The van der Waals surface area contributed by atoms with Gasteiger partial charge in [0, 0.05) is 39.1 Å². The third-order valence-electron chi connectivity index (χ3n) is 3.74. The van der Waals surface area contributed by atoms with E-state index >= 15 is 0 Å². The summed E-state index contributed by atoms with van der Waals surface area (Å²) < 4.78 is 12.9. The van der Waals surface area contributed by atoms with Gasteiger partial charge in [-0.3, -0.25) is 0 Å². The highest BCUT2D eigenvalue weighted by atomic mass is 32.1. The van der Waals surface area contributed by atoms with Crippen molar-refractivity contribution in [1.29, 1.82) is 0 Å². The maximum Gasteiger partial charge on any atom is 0.123 e. The molecule has 0 aliphatic carbocycles. The Morgan fingerprint density at radius 2 is 1.71 bits per heavy atom. The summed E-state index contributed by atoms with van der Waals surface area (Å²) in [5.74, 6) is -0.205. The molecule has 124 valence electrons. The van der Waals surface area contributed by atoms with Crippen LogP contribution in [0.4, 0.5) is 10.1 Å². The summed E-state index contributed by atoms with van der Waals surface area (Å²) in [4.78, 5) is 7.73. The van der Waals surface area contributed by atoms with Crippen LogP contribution in [0.15, 0.2) is 54.7 Å². The molecule has 0 aliphatic rings. The molecule has 0 aliphatic heterocycles. The van der Waals surface area contributed by atoms with Crippen LogP contribution in [0.3, 0.4) is 0 Å². The summed E-state index contributed by atoms with van der Waals surface area (Å²) in [6.07, 6.45) is 1.92. The summed E-state index contributed by atoms with van der Waals surface area (Å²) in [5.41, 5.74) is 3.43. The largest absolute Gasteiger partial charge is 0.378 e. The zero-order chi connectivity index (χ0) is 16.9. The first-order valence-corrected chi connectivity index (χ1v) is 8.61. The summed E-state index contributed by atoms with van der Waals surface area (Å²) in [6.45, 7) is 1.41. The van der Waals surface area contributed by atoms with E-state index in [2.05, 4.69) is 39.5 Å². The minimum Gasteiger partial charge on any atom is -0.378 e. The molecule has 1 N–H and O–H groups in total. The third-order valence-corrected chi connectivity index (χ3v) is 4.79. The Morgan fingerprint density at radius 3 is 2.38 bits per heavy atom. The van der Waals surface area contributed by atoms with Crippen molar-refractivity contribution in [3.8, 4) is 10.4 Å². The lowest BCUT2D eigenvalue weighted by molar-refractivity contribution is 0.625. The molecule has 24 heavy (non-hydrogen) atoms. The Labute approximate surface area is 145 Å².